The zero-order chi connectivity index (χ0) is 7.73. The lowest BCUT2D eigenvalue weighted by Gasteiger charge is -2.30. The van der Waals surface area contributed by atoms with E-state index in [0.717, 1.165) is 5.25 Å². The van der Waals surface area contributed by atoms with Crippen molar-refractivity contribution in [3.8, 4) is 0 Å². The van der Waals surface area contributed by atoms with Gasteiger partial charge in [0.25, 0.3) is 0 Å². The smallest absolute Gasteiger partial charge is 0.00491 e. The summed E-state index contributed by atoms with van der Waals surface area (Å²) in [4.78, 5) is 0. The Morgan fingerprint density at radius 3 is 2.18 bits per heavy atom. The van der Waals surface area contributed by atoms with Crippen LogP contribution in [0.2, 0.25) is 0 Å². The summed E-state index contributed by atoms with van der Waals surface area (Å²) in [5.74, 6) is 0. The van der Waals surface area contributed by atoms with E-state index < -0.39 is 8.46 Å². The molecule has 0 spiro atoms. The lowest BCUT2D eigenvalue weighted by molar-refractivity contribution is 0.886. The molecular weight excluding hydrogens is 220 g/mol. The van der Waals surface area contributed by atoms with Gasteiger partial charge in [-0.3, -0.25) is 0 Å². The molecule has 0 aromatic heterocycles. The van der Waals surface area contributed by atoms with E-state index in [9.17, 15) is 0 Å². The molecule has 1 aliphatic carbocycles. The maximum atomic E-state index is 3.88. The summed E-state index contributed by atoms with van der Waals surface area (Å²) in [5.41, 5.74) is 0. The number of rotatable bonds is 1. The van der Waals surface area contributed by atoms with Gasteiger partial charge in [0.1, 0.15) is 0 Å². The van der Waals surface area contributed by atoms with Gasteiger partial charge in [-0.15, -0.1) is 8.46 Å². The van der Waals surface area contributed by atoms with E-state index in [1.165, 1.54) is 25.7 Å². The predicted molar refractivity (Wildman–Crippen MR) is 57.1 cm³/mol. The van der Waals surface area contributed by atoms with Crippen molar-refractivity contribution in [3.05, 3.63) is 23.0 Å². The summed E-state index contributed by atoms with van der Waals surface area (Å²) in [6.07, 6.45) is 10.1. The van der Waals surface area contributed by atoms with Crippen LogP contribution in [0.15, 0.2) is 23.0 Å². The van der Waals surface area contributed by atoms with Crippen molar-refractivity contribution in [2.45, 2.75) is 30.9 Å². The summed E-state index contributed by atoms with van der Waals surface area (Å²) in [5, 5.41) is 5.66. The van der Waals surface area contributed by atoms with E-state index in [-0.39, 0.29) is 0 Å². The van der Waals surface area contributed by atoms with Gasteiger partial charge in [-0.2, -0.15) is 0 Å². The first-order valence-corrected chi connectivity index (χ1v) is 7.84. The fourth-order valence-corrected chi connectivity index (χ4v) is 5.97. The lowest BCUT2D eigenvalue weighted by atomic mass is 10.4. The molecule has 2 aliphatic rings. The van der Waals surface area contributed by atoms with Crippen LogP contribution < -0.4 is 0 Å². The van der Waals surface area contributed by atoms with E-state index in [4.69, 9.17) is 0 Å². The average Bonchev–Trinajstić information content (AvgIpc) is 2.55. The predicted octanol–water partition coefficient (Wildman–Crippen LogP) is 4.08. The SMILES string of the molecule is BrS1(C2CCCC2)C=CC=C1. The van der Waals surface area contributed by atoms with E-state index >= 15 is 0 Å². The van der Waals surface area contributed by atoms with Crippen LogP contribution in [0.1, 0.15) is 25.7 Å². The quantitative estimate of drug-likeness (QED) is 0.640. The maximum absolute atomic E-state index is 3.88. The third-order valence-electron chi connectivity index (χ3n) is 2.50. The first-order valence-electron chi connectivity index (χ1n) is 4.18. The van der Waals surface area contributed by atoms with Crippen molar-refractivity contribution < 1.29 is 0 Å². The molecule has 0 nitrogen and oxygen atoms in total. The van der Waals surface area contributed by atoms with Gasteiger partial charge in [-0.05, 0) is 38.5 Å². The van der Waals surface area contributed by atoms with Gasteiger partial charge in [0, 0.05) is 5.25 Å². The van der Waals surface area contributed by atoms with Crippen LogP contribution in [-0.2, 0) is 0 Å². The topological polar surface area (TPSA) is 0 Å². The number of hydrogen-bond acceptors (Lipinski definition) is 0. The van der Waals surface area contributed by atoms with Gasteiger partial charge < -0.3 is 0 Å². The maximum Gasteiger partial charge on any atom is 0.00491 e. The second kappa shape index (κ2) is 2.98. The molecule has 11 heavy (non-hydrogen) atoms. The molecule has 1 aliphatic heterocycles. The van der Waals surface area contributed by atoms with E-state index in [1.807, 2.05) is 0 Å². The van der Waals surface area contributed by atoms with Crippen LogP contribution >= 0.6 is 23.3 Å². The minimum Gasteiger partial charge on any atom is -0.139 e. The first-order chi connectivity index (χ1) is 5.31. The molecule has 1 fully saturated rings. The summed E-state index contributed by atoms with van der Waals surface area (Å²) in [6.45, 7) is 0. The van der Waals surface area contributed by atoms with Gasteiger partial charge in [-0.1, -0.05) is 25.0 Å². The summed E-state index contributed by atoms with van der Waals surface area (Å²) in [6, 6.07) is 0. The van der Waals surface area contributed by atoms with Crippen LogP contribution in [0.25, 0.3) is 0 Å². The largest absolute Gasteiger partial charge is 0.139 e. The van der Waals surface area contributed by atoms with Gasteiger partial charge in [0.2, 0.25) is 0 Å². The van der Waals surface area contributed by atoms with Crippen molar-refractivity contribution in [3.63, 3.8) is 0 Å². The van der Waals surface area contributed by atoms with Gasteiger partial charge in [0.05, 0.1) is 0 Å². The minimum absolute atomic E-state index is 0.631. The average molecular weight is 233 g/mol. The van der Waals surface area contributed by atoms with Crippen LogP contribution in [0.5, 0.6) is 0 Å². The second-order valence-corrected chi connectivity index (χ2v) is 9.17. The Morgan fingerprint density at radius 1 is 1.09 bits per heavy atom. The number of allylic oxidation sites excluding steroid dienone is 2. The Bertz CT molecular complexity index is 190. The molecule has 2 rings (SSSR count). The van der Waals surface area contributed by atoms with E-state index in [0.29, 0.717) is 0 Å². The molecule has 1 heterocycles. The van der Waals surface area contributed by atoms with Gasteiger partial charge in [0.15, 0.2) is 0 Å². The number of hydrogen-bond donors (Lipinski definition) is 0. The molecule has 0 aromatic rings. The normalized spacial score (nSPS) is 31.4. The molecule has 0 radical (unpaired) electrons. The zero-order valence-electron chi connectivity index (χ0n) is 6.50. The Hall–Kier alpha value is 0.310. The molecule has 1 saturated carbocycles. The highest BCUT2D eigenvalue weighted by Gasteiger charge is 2.30. The fraction of sp³-hybridized carbons (Fsp3) is 0.556. The highest BCUT2D eigenvalue weighted by molar-refractivity contribution is 9.59. The van der Waals surface area contributed by atoms with Crippen molar-refractivity contribution in [1.82, 2.24) is 0 Å². The monoisotopic (exact) mass is 232 g/mol. The van der Waals surface area contributed by atoms with Crippen LogP contribution in [0, 0.1) is 0 Å². The Labute approximate surface area is 77.3 Å². The highest BCUT2D eigenvalue weighted by Crippen LogP contribution is 2.67. The molecule has 0 saturated heterocycles. The molecule has 62 valence electrons. The van der Waals surface area contributed by atoms with E-state index in [2.05, 4.69) is 37.8 Å². The van der Waals surface area contributed by atoms with Crippen LogP contribution in [0.3, 0.4) is 0 Å². The molecular formula is C9H13BrS. The molecule has 2 heteroatoms. The fourth-order valence-electron chi connectivity index (χ4n) is 1.85. The Kier molecular flexibility index (Phi) is 2.15. The molecule has 0 N–H and O–H groups in total. The molecule has 0 amide bonds. The van der Waals surface area contributed by atoms with E-state index in [1.54, 1.807) is 0 Å². The molecule has 0 unspecified atom stereocenters. The molecule has 0 atom stereocenters. The summed E-state index contributed by atoms with van der Waals surface area (Å²) < 4.78 is 0. The Balaban J connectivity index is 2.13. The first kappa shape index (κ1) is 7.93. The third kappa shape index (κ3) is 1.43. The number of halogens is 1. The lowest BCUT2D eigenvalue weighted by Crippen LogP contribution is -2.03. The van der Waals surface area contributed by atoms with Crippen LogP contribution in [-0.4, -0.2) is 5.25 Å². The highest BCUT2D eigenvalue weighted by atomic mass is 79.9. The van der Waals surface area contributed by atoms with Crippen molar-refractivity contribution in [2.75, 3.05) is 0 Å². The second-order valence-electron chi connectivity index (χ2n) is 3.24. The summed E-state index contributed by atoms with van der Waals surface area (Å²) >= 11 is 3.88. The zero-order valence-corrected chi connectivity index (χ0v) is 8.90. The van der Waals surface area contributed by atoms with Gasteiger partial charge >= 0.3 is 0 Å². The Morgan fingerprint density at radius 2 is 1.64 bits per heavy atom. The van der Waals surface area contributed by atoms with Gasteiger partial charge in [-0.25, -0.2) is 0 Å². The standard InChI is InChI=1S/C9H13BrS/c10-11(7-3-4-8-11)9-5-1-2-6-9/h3-4,7-9H,1-2,5-6H2. The van der Waals surface area contributed by atoms with Crippen molar-refractivity contribution >= 4 is 23.3 Å². The van der Waals surface area contributed by atoms with Crippen LogP contribution in [0.4, 0.5) is 0 Å². The van der Waals surface area contributed by atoms with Crippen molar-refractivity contribution in [2.24, 2.45) is 0 Å². The third-order valence-corrected chi connectivity index (χ3v) is 8.02. The molecule has 0 bridgehead atoms. The summed E-state index contributed by atoms with van der Waals surface area (Å²) in [7, 11) is -0.631. The molecule has 0 aromatic carbocycles. The minimum atomic E-state index is -0.631. The van der Waals surface area contributed by atoms with Crippen molar-refractivity contribution in [1.29, 1.82) is 0 Å².